The standard InChI is InChI=1S/C16H13N3O6/c1-23-15(21)10-4-2-5-11(8-10)17-13(20)9-19-16(22)25-14(18-19)12-6-3-7-24-12/h2-8H,9H2,1H3,(H,17,20). The molecule has 3 aromatic rings. The van der Waals surface area contributed by atoms with E-state index in [9.17, 15) is 14.4 Å². The molecule has 3 rings (SSSR count). The topological polar surface area (TPSA) is 117 Å². The zero-order valence-corrected chi connectivity index (χ0v) is 13.1. The molecular formula is C16H13N3O6. The van der Waals surface area contributed by atoms with Gasteiger partial charge in [0.25, 0.3) is 5.89 Å². The van der Waals surface area contributed by atoms with Gasteiger partial charge < -0.3 is 18.9 Å². The van der Waals surface area contributed by atoms with Crippen LogP contribution in [0.2, 0.25) is 0 Å². The van der Waals surface area contributed by atoms with E-state index >= 15 is 0 Å². The number of ether oxygens (including phenoxy) is 1. The first-order valence-electron chi connectivity index (χ1n) is 7.17. The Morgan fingerprint density at radius 2 is 2.12 bits per heavy atom. The minimum Gasteiger partial charge on any atom is -0.465 e. The number of aromatic nitrogens is 2. The van der Waals surface area contributed by atoms with Gasteiger partial charge in [0.15, 0.2) is 5.76 Å². The lowest BCUT2D eigenvalue weighted by Gasteiger charge is -2.06. The molecule has 0 radical (unpaired) electrons. The van der Waals surface area contributed by atoms with Gasteiger partial charge >= 0.3 is 11.7 Å². The molecule has 25 heavy (non-hydrogen) atoms. The van der Waals surface area contributed by atoms with Crippen LogP contribution in [0.25, 0.3) is 11.7 Å². The van der Waals surface area contributed by atoms with Gasteiger partial charge in [-0.15, -0.1) is 5.10 Å². The van der Waals surface area contributed by atoms with Gasteiger partial charge in [-0.05, 0) is 30.3 Å². The van der Waals surface area contributed by atoms with Gasteiger partial charge in [-0.1, -0.05) is 6.07 Å². The third kappa shape index (κ3) is 3.66. The summed E-state index contributed by atoms with van der Waals surface area (Å²) in [5.41, 5.74) is 0.676. The number of nitrogens with zero attached hydrogens (tertiary/aromatic N) is 2. The molecule has 2 heterocycles. The molecule has 9 heteroatoms. The van der Waals surface area contributed by atoms with Crippen molar-refractivity contribution in [2.24, 2.45) is 0 Å². The van der Waals surface area contributed by atoms with E-state index in [4.69, 9.17) is 8.83 Å². The SMILES string of the molecule is COC(=O)c1cccc(NC(=O)Cn2nc(-c3ccco3)oc2=O)c1. The second-order valence-electron chi connectivity index (χ2n) is 4.93. The summed E-state index contributed by atoms with van der Waals surface area (Å²) >= 11 is 0. The fourth-order valence-corrected chi connectivity index (χ4v) is 2.08. The Morgan fingerprint density at radius 1 is 1.28 bits per heavy atom. The highest BCUT2D eigenvalue weighted by atomic mass is 16.5. The van der Waals surface area contributed by atoms with E-state index in [1.165, 1.54) is 19.4 Å². The van der Waals surface area contributed by atoms with Gasteiger partial charge in [0.1, 0.15) is 6.54 Å². The van der Waals surface area contributed by atoms with Crippen LogP contribution in [0.5, 0.6) is 0 Å². The molecule has 9 nitrogen and oxygen atoms in total. The molecule has 0 aliphatic rings. The van der Waals surface area contributed by atoms with Crippen molar-refractivity contribution in [3.05, 3.63) is 58.8 Å². The van der Waals surface area contributed by atoms with Gasteiger partial charge in [-0.25, -0.2) is 9.59 Å². The number of nitrogens with one attached hydrogen (secondary N) is 1. The number of carbonyl (C=O) groups is 2. The molecule has 0 saturated heterocycles. The van der Waals surface area contributed by atoms with Gasteiger partial charge in [0, 0.05) is 5.69 Å². The van der Waals surface area contributed by atoms with E-state index in [0.717, 1.165) is 4.68 Å². The Morgan fingerprint density at radius 3 is 2.84 bits per heavy atom. The largest absolute Gasteiger partial charge is 0.465 e. The molecule has 1 aromatic carbocycles. The Kier molecular flexibility index (Phi) is 4.46. The predicted molar refractivity (Wildman–Crippen MR) is 84.9 cm³/mol. The number of methoxy groups -OCH3 is 1. The lowest BCUT2D eigenvalue weighted by Crippen LogP contribution is -2.26. The molecule has 128 valence electrons. The second-order valence-corrected chi connectivity index (χ2v) is 4.93. The molecule has 0 atom stereocenters. The number of esters is 1. The second kappa shape index (κ2) is 6.87. The Hall–Kier alpha value is -3.62. The highest BCUT2D eigenvalue weighted by Crippen LogP contribution is 2.15. The van der Waals surface area contributed by atoms with E-state index in [1.807, 2.05) is 0 Å². The number of hydrogen-bond acceptors (Lipinski definition) is 7. The third-order valence-electron chi connectivity index (χ3n) is 3.20. The summed E-state index contributed by atoms with van der Waals surface area (Å²) in [6.45, 7) is -0.356. The molecule has 0 aliphatic heterocycles. The molecule has 1 amide bonds. The van der Waals surface area contributed by atoms with Crippen molar-refractivity contribution in [1.82, 2.24) is 9.78 Å². The van der Waals surface area contributed by atoms with Crippen molar-refractivity contribution in [3.8, 4) is 11.7 Å². The first kappa shape index (κ1) is 16.2. The first-order valence-corrected chi connectivity index (χ1v) is 7.17. The monoisotopic (exact) mass is 343 g/mol. The normalized spacial score (nSPS) is 10.4. The van der Waals surface area contributed by atoms with Crippen LogP contribution in [0.3, 0.4) is 0 Å². The van der Waals surface area contributed by atoms with Gasteiger partial charge in [-0.3, -0.25) is 4.79 Å². The minimum absolute atomic E-state index is 0.0181. The number of rotatable bonds is 5. The smallest absolute Gasteiger partial charge is 0.437 e. The summed E-state index contributed by atoms with van der Waals surface area (Å²) in [5.74, 6) is -1.56. The Labute approximate surface area is 140 Å². The van der Waals surface area contributed by atoms with E-state index in [-0.39, 0.29) is 18.2 Å². The number of amides is 1. The van der Waals surface area contributed by atoms with E-state index in [0.29, 0.717) is 11.3 Å². The third-order valence-corrected chi connectivity index (χ3v) is 3.20. The van der Waals surface area contributed by atoms with Crippen LogP contribution >= 0.6 is 0 Å². The van der Waals surface area contributed by atoms with Crippen molar-refractivity contribution < 1.29 is 23.2 Å². The molecule has 0 saturated carbocycles. The van der Waals surface area contributed by atoms with Crippen LogP contribution < -0.4 is 11.1 Å². The molecule has 2 aromatic heterocycles. The van der Waals surface area contributed by atoms with Crippen molar-refractivity contribution in [3.63, 3.8) is 0 Å². The summed E-state index contributed by atoms with van der Waals surface area (Å²) in [6, 6.07) is 9.41. The summed E-state index contributed by atoms with van der Waals surface area (Å²) in [5, 5.41) is 6.47. The zero-order valence-electron chi connectivity index (χ0n) is 13.1. The maximum atomic E-state index is 12.1. The number of anilines is 1. The summed E-state index contributed by atoms with van der Waals surface area (Å²) in [7, 11) is 1.27. The number of benzene rings is 1. The molecule has 0 spiro atoms. The summed E-state index contributed by atoms with van der Waals surface area (Å²) < 4.78 is 15.5. The quantitative estimate of drug-likeness (QED) is 0.698. The molecule has 0 fully saturated rings. The molecule has 1 N–H and O–H groups in total. The van der Waals surface area contributed by atoms with E-state index in [2.05, 4.69) is 15.2 Å². The number of hydrogen-bond donors (Lipinski definition) is 1. The molecule has 0 unspecified atom stereocenters. The van der Waals surface area contributed by atoms with Crippen LogP contribution in [-0.2, 0) is 16.1 Å². The first-order chi connectivity index (χ1) is 12.1. The van der Waals surface area contributed by atoms with Gasteiger partial charge in [-0.2, -0.15) is 4.68 Å². The van der Waals surface area contributed by atoms with Crippen molar-refractivity contribution in [2.45, 2.75) is 6.54 Å². The molecule has 0 bridgehead atoms. The molecule has 0 aliphatic carbocycles. The Balaban J connectivity index is 1.71. The minimum atomic E-state index is -0.787. The highest BCUT2D eigenvalue weighted by Gasteiger charge is 2.15. The lowest BCUT2D eigenvalue weighted by atomic mass is 10.2. The highest BCUT2D eigenvalue weighted by molar-refractivity contribution is 5.94. The maximum Gasteiger partial charge on any atom is 0.437 e. The van der Waals surface area contributed by atoms with Crippen molar-refractivity contribution in [2.75, 3.05) is 12.4 Å². The van der Waals surface area contributed by atoms with E-state index in [1.54, 1.807) is 30.3 Å². The van der Waals surface area contributed by atoms with Gasteiger partial charge in [0.05, 0.1) is 18.9 Å². The summed E-state index contributed by atoms with van der Waals surface area (Å²) in [4.78, 5) is 35.3. The maximum absolute atomic E-state index is 12.1. The number of carbonyl (C=O) groups excluding carboxylic acids is 2. The van der Waals surface area contributed by atoms with Crippen LogP contribution in [0, 0.1) is 0 Å². The average molecular weight is 343 g/mol. The summed E-state index contributed by atoms with van der Waals surface area (Å²) in [6.07, 6.45) is 1.41. The van der Waals surface area contributed by atoms with Crippen molar-refractivity contribution >= 4 is 17.6 Å². The fourth-order valence-electron chi connectivity index (χ4n) is 2.08. The zero-order chi connectivity index (χ0) is 17.8. The Bertz CT molecular complexity index is 954. The fraction of sp³-hybridized carbons (Fsp3) is 0.125. The van der Waals surface area contributed by atoms with Crippen LogP contribution in [0.1, 0.15) is 10.4 Å². The van der Waals surface area contributed by atoms with Crippen LogP contribution in [-0.4, -0.2) is 28.8 Å². The predicted octanol–water partition coefficient (Wildman–Crippen LogP) is 1.52. The van der Waals surface area contributed by atoms with Crippen molar-refractivity contribution in [1.29, 1.82) is 0 Å². The molecular weight excluding hydrogens is 330 g/mol. The number of furan rings is 1. The van der Waals surface area contributed by atoms with Gasteiger partial charge in [0.2, 0.25) is 5.91 Å². The lowest BCUT2D eigenvalue weighted by molar-refractivity contribution is -0.117. The van der Waals surface area contributed by atoms with Crippen LogP contribution in [0.15, 0.2) is 56.3 Å². The van der Waals surface area contributed by atoms with E-state index < -0.39 is 17.6 Å². The average Bonchev–Trinajstić information content (AvgIpc) is 3.25. The van der Waals surface area contributed by atoms with Crippen LogP contribution in [0.4, 0.5) is 5.69 Å².